The van der Waals surface area contributed by atoms with Crippen LogP contribution >= 0.6 is 11.6 Å². The third kappa shape index (κ3) is 8.61. The number of phenolic OH excluding ortho intramolecular Hbond substituents is 1. The van der Waals surface area contributed by atoms with E-state index in [-0.39, 0.29) is 47.2 Å². The average Bonchev–Trinajstić information content (AvgIpc) is 3.53. The number of rotatable bonds is 11. The highest BCUT2D eigenvalue weighted by Crippen LogP contribution is 2.28. The van der Waals surface area contributed by atoms with E-state index in [4.69, 9.17) is 27.2 Å². The van der Waals surface area contributed by atoms with Gasteiger partial charge in [0.1, 0.15) is 28.9 Å². The molecule has 0 atom stereocenters. The molecule has 13 nitrogen and oxygen atoms in total. The highest BCUT2D eigenvalue weighted by molar-refractivity contribution is 6.31. The molecular formula is C38H40ClN7O6. The number of carbonyl (C=O) groups excluding carboxylic acids is 3. The summed E-state index contributed by atoms with van der Waals surface area (Å²) in [6.45, 7) is 9.49. The van der Waals surface area contributed by atoms with Crippen molar-refractivity contribution in [1.29, 1.82) is 0 Å². The van der Waals surface area contributed by atoms with Gasteiger partial charge in [-0.3, -0.25) is 24.3 Å². The van der Waals surface area contributed by atoms with Crippen molar-refractivity contribution in [3.05, 3.63) is 128 Å². The number of carbonyl (C=O) groups is 3. The Morgan fingerprint density at radius 3 is 2.31 bits per heavy atom. The summed E-state index contributed by atoms with van der Waals surface area (Å²) < 4.78 is 9.07. The number of primary amides is 1. The van der Waals surface area contributed by atoms with Gasteiger partial charge in [-0.2, -0.15) is 5.10 Å². The molecular weight excluding hydrogens is 686 g/mol. The van der Waals surface area contributed by atoms with Gasteiger partial charge in [0.25, 0.3) is 11.5 Å². The molecule has 0 bridgehead atoms. The molecule has 0 spiro atoms. The third-order valence-electron chi connectivity index (χ3n) is 8.19. The first-order valence-corrected chi connectivity index (χ1v) is 16.7. The van der Waals surface area contributed by atoms with Gasteiger partial charge in [0.05, 0.1) is 23.6 Å². The predicted molar refractivity (Wildman–Crippen MR) is 199 cm³/mol. The van der Waals surface area contributed by atoms with Gasteiger partial charge in [-0.15, -0.1) is 0 Å². The summed E-state index contributed by atoms with van der Waals surface area (Å²) in [5.74, 6) is -0.449. The van der Waals surface area contributed by atoms with E-state index in [0.29, 0.717) is 28.5 Å². The third-order valence-corrected chi connectivity index (χ3v) is 8.54. The van der Waals surface area contributed by atoms with Crippen LogP contribution in [0.15, 0.2) is 83.7 Å². The van der Waals surface area contributed by atoms with Gasteiger partial charge >= 0.3 is 6.03 Å². The standard InChI is InChI=1S/C38H40ClN7O6/c1-22-10-11-24(35(49)41-20-32(40)48)17-29(22)45-23(2)16-30(34(39)36(45)50)52-21-26-9-7-6-8-25(26)19-42-37(51)43-33-18-31(38(3,4)5)44-46(33)27-12-14-28(47)15-13-27/h6-18,47H,19-21H2,1-5H3,(H2,40,48)(H,41,49)(H2,42,43,51). The number of urea groups is 1. The van der Waals surface area contributed by atoms with Crippen molar-refractivity contribution in [2.24, 2.45) is 5.73 Å². The van der Waals surface area contributed by atoms with Gasteiger partial charge in [0.2, 0.25) is 5.91 Å². The molecule has 0 saturated heterocycles. The molecule has 2 heterocycles. The molecule has 0 saturated carbocycles. The highest BCUT2D eigenvalue weighted by atomic mass is 35.5. The molecule has 0 aliphatic heterocycles. The molecule has 270 valence electrons. The SMILES string of the molecule is Cc1ccc(C(=O)NCC(N)=O)cc1-n1c(C)cc(OCc2ccccc2CNC(=O)Nc2cc(C(C)(C)C)nn2-c2ccc(O)cc2)c(Cl)c1=O. The van der Waals surface area contributed by atoms with Crippen LogP contribution in [-0.4, -0.2) is 43.8 Å². The summed E-state index contributed by atoms with van der Waals surface area (Å²) >= 11 is 6.57. The molecule has 2 aromatic heterocycles. The van der Waals surface area contributed by atoms with Gasteiger partial charge in [0.15, 0.2) is 0 Å². The van der Waals surface area contributed by atoms with Crippen LogP contribution in [0.5, 0.6) is 11.5 Å². The number of nitrogens with zero attached hydrogens (tertiary/aromatic N) is 3. The Hall–Kier alpha value is -6.08. The number of anilines is 1. The van der Waals surface area contributed by atoms with Crippen LogP contribution in [0, 0.1) is 13.8 Å². The largest absolute Gasteiger partial charge is 0.508 e. The molecule has 6 N–H and O–H groups in total. The zero-order chi connectivity index (χ0) is 37.7. The Morgan fingerprint density at radius 2 is 1.63 bits per heavy atom. The second kappa shape index (κ2) is 15.4. The molecule has 3 aromatic carbocycles. The minimum Gasteiger partial charge on any atom is -0.508 e. The average molecular weight is 726 g/mol. The van der Waals surface area contributed by atoms with E-state index in [9.17, 15) is 24.3 Å². The van der Waals surface area contributed by atoms with Gasteiger partial charge in [-0.25, -0.2) is 9.48 Å². The van der Waals surface area contributed by atoms with Crippen molar-refractivity contribution in [1.82, 2.24) is 25.0 Å². The Bertz CT molecular complexity index is 2200. The lowest BCUT2D eigenvalue weighted by Crippen LogP contribution is -2.33. The zero-order valence-corrected chi connectivity index (χ0v) is 30.2. The second-order valence-electron chi connectivity index (χ2n) is 13.2. The Kier molecular flexibility index (Phi) is 11.0. The van der Waals surface area contributed by atoms with Crippen molar-refractivity contribution in [3.8, 4) is 22.9 Å². The van der Waals surface area contributed by atoms with Crippen LogP contribution in [0.1, 0.15) is 59.2 Å². The number of nitrogens with two attached hydrogens (primary N) is 1. The normalized spacial score (nSPS) is 11.2. The smallest absolute Gasteiger partial charge is 0.320 e. The second-order valence-corrected chi connectivity index (χ2v) is 13.6. The monoisotopic (exact) mass is 725 g/mol. The summed E-state index contributed by atoms with van der Waals surface area (Å²) in [5, 5.41) is 22.5. The number of amides is 4. The van der Waals surface area contributed by atoms with E-state index in [0.717, 1.165) is 16.8 Å². The number of aryl methyl sites for hydroxylation is 2. The fraction of sp³-hybridized carbons (Fsp3) is 0.237. The Balaban J connectivity index is 1.30. The number of phenols is 1. The molecule has 5 aromatic rings. The van der Waals surface area contributed by atoms with E-state index in [1.807, 2.05) is 51.1 Å². The van der Waals surface area contributed by atoms with E-state index in [1.54, 1.807) is 67.1 Å². The molecule has 0 radical (unpaired) electrons. The topological polar surface area (TPSA) is 183 Å². The minimum atomic E-state index is -0.679. The van der Waals surface area contributed by atoms with E-state index in [2.05, 4.69) is 16.0 Å². The summed E-state index contributed by atoms with van der Waals surface area (Å²) in [4.78, 5) is 50.4. The van der Waals surface area contributed by atoms with Gasteiger partial charge < -0.3 is 26.2 Å². The Morgan fingerprint density at radius 1 is 0.942 bits per heavy atom. The van der Waals surface area contributed by atoms with E-state index in [1.165, 1.54) is 4.57 Å². The number of hydrogen-bond acceptors (Lipinski definition) is 7. The molecule has 0 fully saturated rings. The lowest BCUT2D eigenvalue weighted by Gasteiger charge is -2.17. The summed E-state index contributed by atoms with van der Waals surface area (Å²) in [6.07, 6.45) is 0. The molecule has 0 aliphatic rings. The van der Waals surface area contributed by atoms with E-state index >= 15 is 0 Å². The number of aromatic hydroxyl groups is 1. The number of pyridine rings is 1. The fourth-order valence-electron chi connectivity index (χ4n) is 5.34. The van der Waals surface area contributed by atoms with Crippen LogP contribution in [0.4, 0.5) is 10.6 Å². The van der Waals surface area contributed by atoms with Crippen LogP contribution in [0.25, 0.3) is 11.4 Å². The zero-order valence-electron chi connectivity index (χ0n) is 29.4. The van der Waals surface area contributed by atoms with Crippen molar-refractivity contribution >= 4 is 35.3 Å². The van der Waals surface area contributed by atoms with Crippen molar-refractivity contribution in [2.45, 2.75) is 53.2 Å². The lowest BCUT2D eigenvalue weighted by atomic mass is 9.92. The Labute approximate surface area is 305 Å². The predicted octanol–water partition coefficient (Wildman–Crippen LogP) is 5.41. The highest BCUT2D eigenvalue weighted by Gasteiger charge is 2.22. The van der Waals surface area contributed by atoms with Crippen LogP contribution in [0.2, 0.25) is 5.02 Å². The fourth-order valence-corrected chi connectivity index (χ4v) is 5.53. The van der Waals surface area contributed by atoms with Crippen molar-refractivity contribution in [2.75, 3.05) is 11.9 Å². The van der Waals surface area contributed by atoms with Crippen molar-refractivity contribution in [3.63, 3.8) is 0 Å². The number of aromatic nitrogens is 3. The maximum Gasteiger partial charge on any atom is 0.320 e. The molecule has 52 heavy (non-hydrogen) atoms. The first-order valence-electron chi connectivity index (χ1n) is 16.4. The first-order chi connectivity index (χ1) is 24.6. The molecule has 0 aliphatic carbocycles. The number of nitrogens with one attached hydrogen (secondary N) is 3. The summed E-state index contributed by atoms with van der Waals surface area (Å²) in [7, 11) is 0. The maximum atomic E-state index is 13.6. The van der Waals surface area contributed by atoms with Gasteiger partial charge in [-0.1, -0.05) is 62.7 Å². The molecule has 5 rings (SSSR count). The van der Waals surface area contributed by atoms with Crippen LogP contribution in [-0.2, 0) is 23.4 Å². The first kappa shape index (κ1) is 37.2. The quantitative estimate of drug-likeness (QED) is 0.121. The number of hydrogen-bond donors (Lipinski definition) is 5. The number of ether oxygens (including phenoxy) is 1. The van der Waals surface area contributed by atoms with Crippen molar-refractivity contribution < 1.29 is 24.2 Å². The van der Waals surface area contributed by atoms with E-state index < -0.39 is 23.4 Å². The van der Waals surface area contributed by atoms with Gasteiger partial charge in [0, 0.05) is 35.3 Å². The number of halogens is 1. The summed E-state index contributed by atoms with van der Waals surface area (Å²) in [6, 6.07) is 21.7. The molecule has 14 heteroatoms. The van der Waals surface area contributed by atoms with Gasteiger partial charge in [-0.05, 0) is 66.9 Å². The molecule has 4 amide bonds. The van der Waals surface area contributed by atoms with Crippen LogP contribution in [0.3, 0.4) is 0 Å². The summed E-state index contributed by atoms with van der Waals surface area (Å²) in [5.41, 5.74) is 9.20. The minimum absolute atomic E-state index is 0.0548. The molecule has 0 unspecified atom stereocenters. The number of benzene rings is 3. The maximum absolute atomic E-state index is 13.6. The van der Waals surface area contributed by atoms with Crippen LogP contribution < -0.4 is 32.0 Å². The lowest BCUT2D eigenvalue weighted by molar-refractivity contribution is -0.117.